The smallest absolute Gasteiger partial charge is 0.341 e. The summed E-state index contributed by atoms with van der Waals surface area (Å²) >= 11 is 0. The molecule has 2 amide bonds. The molecule has 1 saturated heterocycles. The van der Waals surface area contributed by atoms with Crippen molar-refractivity contribution in [1.82, 2.24) is 0 Å². The van der Waals surface area contributed by atoms with Crippen molar-refractivity contribution in [1.29, 1.82) is 0 Å². The lowest BCUT2D eigenvalue weighted by atomic mass is 9.79. The summed E-state index contributed by atoms with van der Waals surface area (Å²) in [5.41, 5.74) is -0.0638. The second-order valence-electron chi connectivity index (χ2n) is 7.22. The number of carbonyl (C=O) groups is 4. The number of rotatable bonds is 4. The number of esters is 2. The van der Waals surface area contributed by atoms with Gasteiger partial charge >= 0.3 is 11.9 Å². The molecular weight excluding hydrogens is 414 g/mol. The lowest BCUT2D eigenvalue weighted by Crippen LogP contribution is -2.32. The number of hydrogen-bond acceptors (Lipinski definition) is 8. The molecule has 10 heteroatoms. The van der Waals surface area contributed by atoms with Crippen LogP contribution in [0, 0.1) is 11.8 Å². The molecule has 0 N–H and O–H groups in total. The SMILES string of the molecule is COC(=O)c1ccc(N2C(=O)C(=S(=O)=O)C(C3CCCCC3)C2=O)cc1OC(C)=O. The van der Waals surface area contributed by atoms with E-state index in [4.69, 9.17) is 4.74 Å². The van der Waals surface area contributed by atoms with Gasteiger partial charge in [-0.1, -0.05) is 19.3 Å². The fourth-order valence-electron chi connectivity index (χ4n) is 4.07. The van der Waals surface area contributed by atoms with Crippen molar-refractivity contribution < 1.29 is 37.1 Å². The van der Waals surface area contributed by atoms with Crippen LogP contribution >= 0.6 is 0 Å². The number of anilines is 1. The van der Waals surface area contributed by atoms with Crippen LogP contribution in [0.3, 0.4) is 0 Å². The first-order valence-corrected chi connectivity index (χ1v) is 10.6. The van der Waals surface area contributed by atoms with Crippen molar-refractivity contribution in [3.63, 3.8) is 0 Å². The van der Waals surface area contributed by atoms with E-state index in [1.54, 1.807) is 0 Å². The zero-order valence-electron chi connectivity index (χ0n) is 16.5. The summed E-state index contributed by atoms with van der Waals surface area (Å²) in [6.07, 6.45) is 4.07. The Labute approximate surface area is 174 Å². The third-order valence-corrected chi connectivity index (χ3v) is 6.15. The lowest BCUT2D eigenvalue weighted by Gasteiger charge is -2.25. The van der Waals surface area contributed by atoms with Crippen LogP contribution in [0.25, 0.3) is 0 Å². The first kappa shape index (κ1) is 21.7. The molecule has 0 spiro atoms. The molecule has 0 radical (unpaired) electrons. The number of benzene rings is 1. The van der Waals surface area contributed by atoms with Gasteiger partial charge in [0.2, 0.25) is 16.2 Å². The Morgan fingerprint density at radius 1 is 1.10 bits per heavy atom. The van der Waals surface area contributed by atoms with Gasteiger partial charge < -0.3 is 9.47 Å². The fourth-order valence-corrected chi connectivity index (χ4v) is 4.80. The molecule has 30 heavy (non-hydrogen) atoms. The van der Waals surface area contributed by atoms with Crippen molar-refractivity contribution in [2.24, 2.45) is 11.8 Å². The molecule has 1 aromatic rings. The topological polar surface area (TPSA) is 124 Å². The Hall–Kier alpha value is -3.01. The molecule has 9 nitrogen and oxygen atoms in total. The molecule has 1 aliphatic heterocycles. The number of methoxy groups -OCH3 is 1. The molecule has 1 atom stereocenters. The number of hydrogen-bond donors (Lipinski definition) is 0. The highest BCUT2D eigenvalue weighted by atomic mass is 32.2. The Balaban J connectivity index is 2.07. The van der Waals surface area contributed by atoms with Crippen LogP contribution in [0.15, 0.2) is 18.2 Å². The maximum atomic E-state index is 13.2. The third-order valence-electron chi connectivity index (χ3n) is 5.37. The van der Waals surface area contributed by atoms with E-state index in [2.05, 4.69) is 4.74 Å². The Morgan fingerprint density at radius 2 is 1.77 bits per heavy atom. The van der Waals surface area contributed by atoms with Gasteiger partial charge in [0.05, 0.1) is 18.7 Å². The molecule has 1 unspecified atom stereocenters. The maximum Gasteiger partial charge on any atom is 0.341 e. The molecule has 2 aliphatic rings. The summed E-state index contributed by atoms with van der Waals surface area (Å²) in [4.78, 5) is 49.7. The van der Waals surface area contributed by atoms with E-state index in [1.807, 2.05) is 0 Å². The normalized spacial score (nSPS) is 19.7. The summed E-state index contributed by atoms with van der Waals surface area (Å²) < 4.78 is 33.3. The van der Waals surface area contributed by atoms with E-state index in [1.165, 1.54) is 18.2 Å². The molecule has 1 saturated carbocycles. The molecule has 2 fully saturated rings. The van der Waals surface area contributed by atoms with Gasteiger partial charge in [0.15, 0.2) is 4.86 Å². The fraction of sp³-hybridized carbons (Fsp3) is 0.450. The zero-order chi connectivity index (χ0) is 22.0. The lowest BCUT2D eigenvalue weighted by molar-refractivity contribution is -0.132. The monoisotopic (exact) mass is 435 g/mol. The standard InChI is InChI=1S/C20H21NO8S/c1-11(22)29-15-10-13(8-9-14(15)20(25)28-2)21-18(23)16(12-6-4-3-5-7-12)17(19(21)24)30(26)27/h8-10,12,16H,3-7H2,1-2H3. The predicted octanol–water partition coefficient (Wildman–Crippen LogP) is 1.52. The summed E-state index contributed by atoms with van der Waals surface area (Å²) in [5.74, 6) is -4.51. The molecular formula is C20H21NO8S. The number of nitrogens with zero attached hydrogens (tertiary/aromatic N) is 1. The van der Waals surface area contributed by atoms with Gasteiger partial charge in [-0.15, -0.1) is 0 Å². The Kier molecular flexibility index (Phi) is 6.35. The van der Waals surface area contributed by atoms with Crippen LogP contribution in [0.2, 0.25) is 0 Å². The van der Waals surface area contributed by atoms with Gasteiger partial charge in [0, 0.05) is 13.0 Å². The van der Waals surface area contributed by atoms with E-state index < -0.39 is 44.8 Å². The highest BCUT2D eigenvalue weighted by molar-refractivity contribution is 7.75. The summed E-state index contributed by atoms with van der Waals surface area (Å²) in [5, 5.41) is 0. The molecule has 3 rings (SSSR count). The highest BCUT2D eigenvalue weighted by Crippen LogP contribution is 2.38. The minimum atomic E-state index is -2.85. The number of amides is 2. The van der Waals surface area contributed by atoms with E-state index in [9.17, 15) is 27.6 Å². The molecule has 1 aromatic carbocycles. The minimum absolute atomic E-state index is 0.00941. The van der Waals surface area contributed by atoms with Crippen LogP contribution in [-0.4, -0.2) is 44.1 Å². The first-order chi connectivity index (χ1) is 14.3. The van der Waals surface area contributed by atoms with Gasteiger partial charge in [-0.25, -0.2) is 9.69 Å². The molecule has 1 aliphatic carbocycles. The summed E-state index contributed by atoms with van der Waals surface area (Å²) in [7, 11) is -1.70. The van der Waals surface area contributed by atoms with Gasteiger partial charge in [0.25, 0.3) is 5.91 Å². The number of ether oxygens (including phenoxy) is 2. The Bertz CT molecular complexity index is 1040. The van der Waals surface area contributed by atoms with E-state index in [0.717, 1.165) is 38.2 Å². The van der Waals surface area contributed by atoms with Crippen molar-refractivity contribution in [2.75, 3.05) is 12.0 Å². The second kappa shape index (κ2) is 8.78. The van der Waals surface area contributed by atoms with E-state index in [-0.39, 0.29) is 22.9 Å². The minimum Gasteiger partial charge on any atom is -0.465 e. The van der Waals surface area contributed by atoms with Crippen LogP contribution < -0.4 is 9.64 Å². The van der Waals surface area contributed by atoms with Crippen LogP contribution in [0.1, 0.15) is 49.4 Å². The van der Waals surface area contributed by atoms with Crippen molar-refractivity contribution in [3.05, 3.63) is 23.8 Å². The maximum absolute atomic E-state index is 13.2. The van der Waals surface area contributed by atoms with Crippen LogP contribution in [0.5, 0.6) is 5.75 Å². The zero-order valence-corrected chi connectivity index (χ0v) is 17.4. The second-order valence-corrected chi connectivity index (χ2v) is 8.13. The molecule has 0 bridgehead atoms. The van der Waals surface area contributed by atoms with E-state index >= 15 is 0 Å². The average Bonchev–Trinajstić information content (AvgIpc) is 2.98. The number of carbonyl (C=O) groups excluding carboxylic acids is 4. The van der Waals surface area contributed by atoms with E-state index in [0.29, 0.717) is 12.8 Å². The van der Waals surface area contributed by atoms with Crippen LogP contribution in [0.4, 0.5) is 5.69 Å². The first-order valence-electron chi connectivity index (χ1n) is 9.51. The highest BCUT2D eigenvalue weighted by Gasteiger charge is 2.50. The predicted molar refractivity (Wildman–Crippen MR) is 106 cm³/mol. The largest absolute Gasteiger partial charge is 0.465 e. The van der Waals surface area contributed by atoms with Crippen molar-refractivity contribution in [2.45, 2.75) is 39.0 Å². The number of imide groups is 1. The van der Waals surface area contributed by atoms with Gasteiger partial charge in [0.1, 0.15) is 11.3 Å². The summed E-state index contributed by atoms with van der Waals surface area (Å²) in [6, 6.07) is 3.74. The van der Waals surface area contributed by atoms with Gasteiger partial charge in [-0.05, 0) is 30.9 Å². The molecule has 0 aromatic heterocycles. The van der Waals surface area contributed by atoms with Crippen molar-refractivity contribution >= 4 is 44.6 Å². The van der Waals surface area contributed by atoms with Crippen molar-refractivity contribution in [3.8, 4) is 5.75 Å². The van der Waals surface area contributed by atoms with Gasteiger partial charge in [-0.3, -0.25) is 14.4 Å². The quantitative estimate of drug-likeness (QED) is 0.302. The summed E-state index contributed by atoms with van der Waals surface area (Å²) in [6.45, 7) is 1.13. The van der Waals surface area contributed by atoms with Crippen LogP contribution in [-0.2, 0) is 29.4 Å². The third kappa shape index (κ3) is 4.00. The average molecular weight is 435 g/mol. The molecule has 1 heterocycles. The molecule has 160 valence electrons. The van der Waals surface area contributed by atoms with Gasteiger partial charge in [-0.2, -0.15) is 8.42 Å². The Morgan fingerprint density at radius 3 is 2.33 bits per heavy atom.